The number of aromatic nitrogens is 4. The average Bonchev–Trinajstić information content (AvgIpc) is 3.54. The number of hydrogen-bond donors (Lipinski definition) is 1. The quantitative estimate of drug-likeness (QED) is 0.280. The zero-order chi connectivity index (χ0) is 25.1. The molecule has 0 radical (unpaired) electrons. The number of halogens is 1. The van der Waals surface area contributed by atoms with E-state index in [1.54, 1.807) is 23.0 Å². The lowest BCUT2D eigenvalue weighted by Crippen LogP contribution is -2.05. The molecule has 0 atom stereocenters. The molecule has 0 aliphatic rings. The first kappa shape index (κ1) is 23.0. The summed E-state index contributed by atoms with van der Waals surface area (Å²) in [5.41, 5.74) is 4.88. The zero-order valence-corrected chi connectivity index (χ0v) is 19.3. The highest BCUT2D eigenvalue weighted by Crippen LogP contribution is 2.31. The normalized spacial score (nSPS) is 10.9. The predicted octanol–water partition coefficient (Wildman–Crippen LogP) is 6.07. The molecule has 36 heavy (non-hydrogen) atoms. The minimum Gasteiger partial charge on any atom is -0.449 e. The van der Waals surface area contributed by atoms with Crippen molar-refractivity contribution in [2.75, 3.05) is 0 Å². The van der Waals surface area contributed by atoms with Crippen LogP contribution in [0.1, 0.15) is 18.1 Å². The van der Waals surface area contributed by atoms with Gasteiger partial charge < -0.3 is 14.4 Å². The largest absolute Gasteiger partial charge is 0.512 e. The molecule has 9 heteroatoms. The standard InChI is InChI=1S/C27H21FN4O4/c1-2-18-15-20(11-12-21(18)22-5-3-4-6-23(22)28)26-29-25(31-36-26)19-9-7-17(8-10-19)16-32-14-13-24(30-32)35-27(33)34/h3-15H,2,16H2,1H3,(H,33,34). The third-order valence-electron chi connectivity index (χ3n) is 5.69. The third-order valence-corrected chi connectivity index (χ3v) is 5.69. The molecule has 5 aromatic rings. The number of nitrogens with zero attached hydrogens (tertiary/aromatic N) is 4. The number of carboxylic acid groups (broad SMARTS) is 1. The van der Waals surface area contributed by atoms with Crippen LogP contribution in [-0.2, 0) is 13.0 Å². The summed E-state index contributed by atoms with van der Waals surface area (Å²) in [5.74, 6) is 0.590. The number of ether oxygens (including phenoxy) is 1. The fourth-order valence-corrected chi connectivity index (χ4v) is 3.94. The third kappa shape index (κ3) is 4.85. The lowest BCUT2D eigenvalue weighted by molar-refractivity contribution is 0.142. The molecule has 0 unspecified atom stereocenters. The van der Waals surface area contributed by atoms with Crippen LogP contribution < -0.4 is 4.74 Å². The lowest BCUT2D eigenvalue weighted by atomic mass is 9.95. The Morgan fingerprint density at radius 2 is 1.81 bits per heavy atom. The lowest BCUT2D eigenvalue weighted by Gasteiger charge is -2.10. The summed E-state index contributed by atoms with van der Waals surface area (Å²) in [4.78, 5) is 15.2. The molecule has 2 aromatic heterocycles. The van der Waals surface area contributed by atoms with Crippen LogP contribution in [0.15, 0.2) is 83.5 Å². The van der Waals surface area contributed by atoms with Gasteiger partial charge in [-0.05, 0) is 41.3 Å². The van der Waals surface area contributed by atoms with Crippen molar-refractivity contribution >= 4 is 6.16 Å². The minimum atomic E-state index is -1.41. The molecule has 2 heterocycles. The van der Waals surface area contributed by atoms with Crippen LogP contribution in [0.3, 0.4) is 0 Å². The highest BCUT2D eigenvalue weighted by Gasteiger charge is 2.15. The van der Waals surface area contributed by atoms with Gasteiger partial charge in [0, 0.05) is 29.0 Å². The van der Waals surface area contributed by atoms with Gasteiger partial charge in [0.15, 0.2) is 0 Å². The second-order valence-corrected chi connectivity index (χ2v) is 8.04. The Hall–Kier alpha value is -4.79. The molecule has 0 saturated carbocycles. The van der Waals surface area contributed by atoms with Crippen molar-refractivity contribution in [3.8, 4) is 39.8 Å². The van der Waals surface area contributed by atoms with E-state index in [0.717, 1.165) is 34.2 Å². The molecule has 8 nitrogen and oxygen atoms in total. The molecule has 5 rings (SSSR count). The van der Waals surface area contributed by atoms with Crippen molar-refractivity contribution < 1.29 is 23.6 Å². The van der Waals surface area contributed by atoms with Crippen molar-refractivity contribution in [1.82, 2.24) is 19.9 Å². The first-order chi connectivity index (χ1) is 17.5. The minimum absolute atomic E-state index is 0.0200. The molecule has 0 saturated heterocycles. The van der Waals surface area contributed by atoms with Crippen LogP contribution in [-0.4, -0.2) is 31.2 Å². The van der Waals surface area contributed by atoms with Gasteiger partial charge in [0.25, 0.3) is 5.89 Å². The molecule has 3 aromatic carbocycles. The van der Waals surface area contributed by atoms with Crippen LogP contribution in [0.2, 0.25) is 0 Å². The highest BCUT2D eigenvalue weighted by atomic mass is 19.1. The van der Waals surface area contributed by atoms with Crippen LogP contribution in [0, 0.1) is 5.82 Å². The van der Waals surface area contributed by atoms with E-state index in [9.17, 15) is 9.18 Å². The molecule has 0 aliphatic carbocycles. The summed E-state index contributed by atoms with van der Waals surface area (Å²) in [5, 5.41) is 16.9. The van der Waals surface area contributed by atoms with E-state index in [4.69, 9.17) is 9.63 Å². The van der Waals surface area contributed by atoms with Crippen LogP contribution in [0.4, 0.5) is 9.18 Å². The summed E-state index contributed by atoms with van der Waals surface area (Å²) in [6, 6.07) is 21.5. The van der Waals surface area contributed by atoms with Crippen molar-refractivity contribution in [2.24, 2.45) is 0 Å². The molecule has 0 spiro atoms. The Labute approximate surface area is 205 Å². The predicted molar refractivity (Wildman–Crippen MR) is 130 cm³/mol. The summed E-state index contributed by atoms with van der Waals surface area (Å²) < 4.78 is 26.0. The zero-order valence-electron chi connectivity index (χ0n) is 19.3. The van der Waals surface area contributed by atoms with E-state index < -0.39 is 6.16 Å². The van der Waals surface area contributed by atoms with Gasteiger partial charge in [-0.25, -0.2) is 9.18 Å². The molecule has 0 amide bonds. The average molecular weight is 484 g/mol. The van der Waals surface area contributed by atoms with Crippen molar-refractivity contribution in [1.29, 1.82) is 0 Å². The van der Waals surface area contributed by atoms with E-state index in [0.29, 0.717) is 23.8 Å². The van der Waals surface area contributed by atoms with Gasteiger partial charge in [-0.1, -0.05) is 60.6 Å². The van der Waals surface area contributed by atoms with Crippen molar-refractivity contribution in [2.45, 2.75) is 19.9 Å². The topological polar surface area (TPSA) is 103 Å². The first-order valence-electron chi connectivity index (χ1n) is 11.3. The van der Waals surface area contributed by atoms with Gasteiger partial charge in [0.05, 0.1) is 6.54 Å². The number of carbonyl (C=O) groups is 1. The van der Waals surface area contributed by atoms with Gasteiger partial charge in [-0.15, -0.1) is 5.10 Å². The molecule has 180 valence electrons. The summed E-state index contributed by atoms with van der Waals surface area (Å²) in [7, 11) is 0. The van der Waals surface area contributed by atoms with E-state index in [1.807, 2.05) is 55.5 Å². The first-order valence-corrected chi connectivity index (χ1v) is 11.3. The molecule has 0 fully saturated rings. The van der Waals surface area contributed by atoms with Gasteiger partial charge in [-0.3, -0.25) is 4.68 Å². The number of benzene rings is 3. The van der Waals surface area contributed by atoms with Crippen LogP contribution in [0.25, 0.3) is 34.0 Å². The van der Waals surface area contributed by atoms with E-state index in [2.05, 4.69) is 20.0 Å². The molecular weight excluding hydrogens is 463 g/mol. The summed E-state index contributed by atoms with van der Waals surface area (Å²) in [6.07, 6.45) is 0.954. The molecule has 1 N–H and O–H groups in total. The monoisotopic (exact) mass is 484 g/mol. The van der Waals surface area contributed by atoms with Gasteiger partial charge >= 0.3 is 6.16 Å². The maximum absolute atomic E-state index is 14.3. The van der Waals surface area contributed by atoms with Crippen molar-refractivity contribution in [3.63, 3.8) is 0 Å². The number of hydrogen-bond acceptors (Lipinski definition) is 6. The number of aryl methyl sites for hydroxylation is 1. The highest BCUT2D eigenvalue weighted by molar-refractivity contribution is 5.72. The molecule has 0 aliphatic heterocycles. The fourth-order valence-electron chi connectivity index (χ4n) is 3.94. The molecular formula is C27H21FN4O4. The van der Waals surface area contributed by atoms with E-state index in [1.165, 1.54) is 12.1 Å². The van der Waals surface area contributed by atoms with Gasteiger partial charge in [0.2, 0.25) is 11.7 Å². The molecule has 0 bridgehead atoms. The van der Waals surface area contributed by atoms with Crippen LogP contribution >= 0.6 is 0 Å². The van der Waals surface area contributed by atoms with E-state index >= 15 is 0 Å². The Morgan fingerprint density at radius 1 is 1.03 bits per heavy atom. The summed E-state index contributed by atoms with van der Waals surface area (Å²) in [6.45, 7) is 2.46. The Bertz CT molecular complexity index is 1530. The second-order valence-electron chi connectivity index (χ2n) is 8.04. The Morgan fingerprint density at radius 3 is 2.56 bits per heavy atom. The maximum Gasteiger partial charge on any atom is 0.512 e. The Kier molecular flexibility index (Phi) is 6.27. The van der Waals surface area contributed by atoms with Gasteiger partial charge in [0.1, 0.15) is 5.82 Å². The fraction of sp³-hybridized carbons (Fsp3) is 0.111. The number of rotatable bonds is 7. The van der Waals surface area contributed by atoms with Crippen LogP contribution in [0.5, 0.6) is 5.88 Å². The maximum atomic E-state index is 14.3. The van der Waals surface area contributed by atoms with Crippen molar-refractivity contribution in [3.05, 3.63) is 95.9 Å². The Balaban J connectivity index is 1.33. The second kappa shape index (κ2) is 9.83. The summed E-state index contributed by atoms with van der Waals surface area (Å²) >= 11 is 0. The SMILES string of the molecule is CCc1cc(-c2nc(-c3ccc(Cn4ccc(OC(=O)O)n4)cc3)no2)ccc1-c1ccccc1F. The smallest absolute Gasteiger partial charge is 0.449 e. The van der Waals surface area contributed by atoms with E-state index in [-0.39, 0.29) is 11.7 Å². The van der Waals surface area contributed by atoms with Gasteiger partial charge in [-0.2, -0.15) is 4.98 Å².